The lowest BCUT2D eigenvalue weighted by molar-refractivity contribution is -0.142. The van der Waals surface area contributed by atoms with Gasteiger partial charge in [0.05, 0.1) is 11.3 Å². The summed E-state index contributed by atoms with van der Waals surface area (Å²) in [4.78, 5) is 26.2. The molecule has 9 heteroatoms. The summed E-state index contributed by atoms with van der Waals surface area (Å²) in [6.45, 7) is 1.40. The molecule has 0 saturated carbocycles. The number of carboxylic acids is 2. The fraction of sp³-hybridized carbons (Fsp3) is 0.267. The van der Waals surface area contributed by atoms with Gasteiger partial charge in [-0.2, -0.15) is 13.2 Å². The van der Waals surface area contributed by atoms with Crippen LogP contribution in [-0.2, 0) is 21.2 Å². The average molecular weight is 345 g/mol. The number of rotatable bonds is 3. The van der Waals surface area contributed by atoms with Crippen molar-refractivity contribution in [2.75, 3.05) is 0 Å². The van der Waals surface area contributed by atoms with Crippen molar-refractivity contribution in [1.29, 1.82) is 0 Å². The molecule has 1 aliphatic rings. The molecule has 5 nitrogen and oxygen atoms in total. The van der Waals surface area contributed by atoms with Crippen molar-refractivity contribution in [3.8, 4) is 0 Å². The van der Waals surface area contributed by atoms with Crippen LogP contribution in [0.15, 0.2) is 35.6 Å². The van der Waals surface area contributed by atoms with Gasteiger partial charge in [-0.1, -0.05) is 11.6 Å². The summed E-state index contributed by atoms with van der Waals surface area (Å²) < 4.78 is 52.0. The second kappa shape index (κ2) is 5.73. The van der Waals surface area contributed by atoms with Gasteiger partial charge in [0.1, 0.15) is 11.2 Å². The lowest BCUT2D eigenvalue weighted by Crippen LogP contribution is -2.39. The summed E-state index contributed by atoms with van der Waals surface area (Å²) in [6.07, 6.45) is -2.85. The molecule has 1 atom stereocenters. The van der Waals surface area contributed by atoms with Crippen molar-refractivity contribution >= 4 is 11.9 Å². The van der Waals surface area contributed by atoms with Gasteiger partial charge in [0.25, 0.3) is 0 Å². The molecule has 2 N–H and O–H groups in total. The second-order valence-corrected chi connectivity index (χ2v) is 5.37. The zero-order valence-electron chi connectivity index (χ0n) is 12.2. The Morgan fingerprint density at radius 1 is 1.29 bits per heavy atom. The Hall–Kier alpha value is -2.71. The first-order valence-corrected chi connectivity index (χ1v) is 6.57. The van der Waals surface area contributed by atoms with Crippen molar-refractivity contribution in [1.82, 2.24) is 4.98 Å². The van der Waals surface area contributed by atoms with Gasteiger partial charge in [-0.3, -0.25) is 9.78 Å². The second-order valence-electron chi connectivity index (χ2n) is 5.37. The van der Waals surface area contributed by atoms with E-state index in [0.29, 0.717) is 6.20 Å². The molecule has 2 rings (SSSR count). The van der Waals surface area contributed by atoms with Gasteiger partial charge in [-0.05, 0) is 19.1 Å². The van der Waals surface area contributed by atoms with Gasteiger partial charge in [-0.25, -0.2) is 9.18 Å². The topological polar surface area (TPSA) is 87.5 Å². The lowest BCUT2D eigenvalue weighted by atomic mass is 9.73. The van der Waals surface area contributed by atoms with Crippen LogP contribution in [0.5, 0.6) is 0 Å². The minimum Gasteiger partial charge on any atom is -0.480 e. The molecule has 128 valence electrons. The Bertz CT molecular complexity index is 782. The molecule has 0 radical (unpaired) electrons. The number of nitrogens with zero attached hydrogens (tertiary/aromatic N) is 1. The maximum absolute atomic E-state index is 14.2. The summed E-state index contributed by atoms with van der Waals surface area (Å²) in [7, 11) is 0. The monoisotopic (exact) mass is 345 g/mol. The van der Waals surface area contributed by atoms with E-state index in [2.05, 4.69) is 4.98 Å². The maximum atomic E-state index is 14.2. The van der Waals surface area contributed by atoms with Crippen molar-refractivity contribution < 1.29 is 37.4 Å². The number of halogens is 4. The third kappa shape index (κ3) is 3.01. The van der Waals surface area contributed by atoms with Crippen molar-refractivity contribution in [3.05, 3.63) is 52.6 Å². The molecule has 1 aromatic rings. The highest BCUT2D eigenvalue weighted by Crippen LogP contribution is 2.39. The van der Waals surface area contributed by atoms with Crippen molar-refractivity contribution in [3.63, 3.8) is 0 Å². The van der Waals surface area contributed by atoms with E-state index in [1.54, 1.807) is 0 Å². The van der Waals surface area contributed by atoms with Gasteiger partial charge >= 0.3 is 18.1 Å². The molecule has 1 aliphatic carbocycles. The van der Waals surface area contributed by atoms with E-state index in [9.17, 15) is 32.3 Å². The number of aromatic nitrogens is 1. The molecule has 1 unspecified atom stereocenters. The van der Waals surface area contributed by atoms with Crippen LogP contribution in [-0.4, -0.2) is 27.1 Å². The highest BCUT2D eigenvalue weighted by atomic mass is 19.4. The van der Waals surface area contributed by atoms with Crippen LogP contribution >= 0.6 is 0 Å². The zero-order valence-corrected chi connectivity index (χ0v) is 12.2. The van der Waals surface area contributed by atoms with Crippen LogP contribution < -0.4 is 0 Å². The molecular formula is C15H11F4NO4. The number of carboxylic acid groups (broad SMARTS) is 2. The summed E-state index contributed by atoms with van der Waals surface area (Å²) in [5, 5.41) is 18.6. The van der Waals surface area contributed by atoms with Gasteiger partial charge < -0.3 is 10.2 Å². The van der Waals surface area contributed by atoms with E-state index < -0.39 is 47.0 Å². The Labute approximate surface area is 132 Å². The third-order valence-corrected chi connectivity index (χ3v) is 3.59. The Balaban J connectivity index is 2.64. The largest absolute Gasteiger partial charge is 0.480 e. The molecule has 0 amide bonds. The first-order chi connectivity index (χ1) is 11.0. The van der Waals surface area contributed by atoms with Crippen LogP contribution in [0.2, 0.25) is 0 Å². The Morgan fingerprint density at radius 3 is 2.38 bits per heavy atom. The average Bonchev–Trinajstić information content (AvgIpc) is 2.45. The standard InChI is InChI=1S/C15H11F4NO4/c1-7-2-8(12(21)22)5-14(4-7,13(23)24)11-10(16)3-9(6-20-11)15(17,18)19/h2-4,6H,5H2,1H3,(H,21,22)(H,23,24). The number of hydrogen-bond acceptors (Lipinski definition) is 3. The molecule has 0 spiro atoms. The number of pyridine rings is 1. The molecule has 1 heterocycles. The number of carbonyl (C=O) groups is 2. The third-order valence-electron chi connectivity index (χ3n) is 3.59. The molecule has 24 heavy (non-hydrogen) atoms. The quantitative estimate of drug-likeness (QED) is 0.823. The minimum absolute atomic E-state index is 0.148. The minimum atomic E-state index is -4.84. The smallest absolute Gasteiger partial charge is 0.417 e. The molecular weight excluding hydrogens is 334 g/mol. The maximum Gasteiger partial charge on any atom is 0.417 e. The Kier molecular flexibility index (Phi) is 4.21. The normalized spacial score (nSPS) is 21.0. The fourth-order valence-corrected chi connectivity index (χ4v) is 2.56. The van der Waals surface area contributed by atoms with E-state index in [1.165, 1.54) is 13.0 Å². The predicted molar refractivity (Wildman–Crippen MR) is 72.6 cm³/mol. The molecule has 0 aliphatic heterocycles. The molecule has 0 fully saturated rings. The van der Waals surface area contributed by atoms with Crippen LogP contribution in [0.25, 0.3) is 0 Å². The van der Waals surface area contributed by atoms with E-state index in [-0.39, 0.29) is 17.2 Å². The van der Waals surface area contributed by atoms with Crippen LogP contribution in [0.1, 0.15) is 24.6 Å². The van der Waals surface area contributed by atoms with E-state index in [0.717, 1.165) is 6.08 Å². The SMILES string of the molecule is CC1=CC(C(=O)O)(c2ncc(C(F)(F)F)cc2F)CC(C(=O)O)=C1. The van der Waals surface area contributed by atoms with Gasteiger partial charge in [0.15, 0.2) is 0 Å². The van der Waals surface area contributed by atoms with Gasteiger partial charge in [0, 0.05) is 18.2 Å². The zero-order chi connectivity index (χ0) is 18.3. The van der Waals surface area contributed by atoms with E-state index in [4.69, 9.17) is 5.11 Å². The molecule has 1 aromatic heterocycles. The highest BCUT2D eigenvalue weighted by molar-refractivity contribution is 5.93. The lowest BCUT2D eigenvalue weighted by Gasteiger charge is -2.29. The summed E-state index contributed by atoms with van der Waals surface area (Å²) in [5.74, 6) is -4.48. The van der Waals surface area contributed by atoms with E-state index in [1.807, 2.05) is 0 Å². The number of aliphatic carboxylic acids is 2. The van der Waals surface area contributed by atoms with Gasteiger partial charge in [0.2, 0.25) is 0 Å². The van der Waals surface area contributed by atoms with E-state index >= 15 is 0 Å². The highest BCUT2D eigenvalue weighted by Gasteiger charge is 2.46. The number of alkyl halides is 3. The predicted octanol–water partition coefficient (Wildman–Crippen LogP) is 2.92. The van der Waals surface area contributed by atoms with Crippen LogP contribution in [0.4, 0.5) is 17.6 Å². The molecule has 0 bridgehead atoms. The van der Waals surface area contributed by atoms with Crippen LogP contribution in [0, 0.1) is 5.82 Å². The van der Waals surface area contributed by atoms with Crippen molar-refractivity contribution in [2.24, 2.45) is 0 Å². The first-order valence-electron chi connectivity index (χ1n) is 6.57. The summed E-state index contributed by atoms with van der Waals surface area (Å²) in [5.41, 5.74) is -4.41. The fourth-order valence-electron chi connectivity index (χ4n) is 2.56. The Morgan fingerprint density at radius 2 is 1.92 bits per heavy atom. The number of allylic oxidation sites excluding steroid dienone is 2. The summed E-state index contributed by atoms with van der Waals surface area (Å²) in [6, 6.07) is 0.148. The van der Waals surface area contributed by atoms with Gasteiger partial charge in [-0.15, -0.1) is 0 Å². The summed E-state index contributed by atoms with van der Waals surface area (Å²) >= 11 is 0. The number of hydrogen-bond donors (Lipinski definition) is 2. The molecule has 0 saturated heterocycles. The van der Waals surface area contributed by atoms with Crippen LogP contribution in [0.3, 0.4) is 0 Å². The molecule has 0 aromatic carbocycles. The first kappa shape index (κ1) is 17.6. The van der Waals surface area contributed by atoms with Crippen molar-refractivity contribution in [2.45, 2.75) is 24.9 Å².